The number of rotatable bonds is 3. The second-order valence-corrected chi connectivity index (χ2v) is 4.50. The van der Waals surface area contributed by atoms with Crippen LogP contribution in [0.25, 0.3) is 0 Å². The van der Waals surface area contributed by atoms with E-state index in [0.717, 1.165) is 0 Å². The third-order valence-corrected chi connectivity index (χ3v) is 3.16. The molecule has 4 nitrogen and oxygen atoms in total. The van der Waals surface area contributed by atoms with Gasteiger partial charge in [-0.05, 0) is 18.2 Å². The number of nitrogens with one attached hydrogen (secondary N) is 1. The van der Waals surface area contributed by atoms with E-state index in [1.807, 2.05) is 0 Å². The highest BCUT2D eigenvalue weighted by molar-refractivity contribution is 6.40. The minimum atomic E-state index is -1.09. The summed E-state index contributed by atoms with van der Waals surface area (Å²) < 4.78 is 0. The number of carboxylic acid groups (broad SMARTS) is 1. The van der Waals surface area contributed by atoms with Crippen LogP contribution in [-0.2, 0) is 0 Å². The summed E-state index contributed by atoms with van der Waals surface area (Å²) >= 11 is 11.8. The highest BCUT2D eigenvalue weighted by Crippen LogP contribution is 2.38. The van der Waals surface area contributed by atoms with Crippen LogP contribution in [0.2, 0.25) is 10.0 Å². The Kier molecular flexibility index (Phi) is 3.83. The normalized spacial score (nSPS) is 10.2. The van der Waals surface area contributed by atoms with Gasteiger partial charge in [0, 0.05) is 0 Å². The number of para-hydroxylation sites is 1. The molecule has 0 atom stereocenters. The van der Waals surface area contributed by atoms with E-state index < -0.39 is 5.97 Å². The summed E-state index contributed by atoms with van der Waals surface area (Å²) in [6.45, 7) is 0. The maximum atomic E-state index is 11.5. The standard InChI is InChI=1S/C13H9Cl2NO3/c14-8-5-6-10(17)11(15)12(8)16-9-4-2-1-3-7(9)13(18)19/h1-6,16-17H,(H,18,19)/p-1. The van der Waals surface area contributed by atoms with Crippen molar-refractivity contribution in [3.8, 4) is 5.75 Å². The molecular formula is C13H8Cl2NO3-. The van der Waals surface area contributed by atoms with Crippen molar-refractivity contribution < 1.29 is 15.0 Å². The Bertz CT molecular complexity index is 644. The predicted molar refractivity (Wildman–Crippen MR) is 72.6 cm³/mol. The number of hydrogen-bond donors (Lipinski definition) is 2. The maximum Gasteiger partial charge on any atom is 0.337 e. The molecule has 0 heterocycles. The van der Waals surface area contributed by atoms with Crippen LogP contribution in [0, 0.1) is 0 Å². The lowest BCUT2D eigenvalue weighted by molar-refractivity contribution is -0.268. The average molecular weight is 297 g/mol. The molecule has 0 amide bonds. The molecule has 0 unspecified atom stereocenters. The minimum Gasteiger partial charge on any atom is -0.871 e. The summed E-state index contributed by atoms with van der Waals surface area (Å²) in [7, 11) is 0. The smallest absolute Gasteiger partial charge is 0.337 e. The molecule has 0 spiro atoms. The molecule has 0 aliphatic rings. The van der Waals surface area contributed by atoms with Crippen molar-refractivity contribution in [2.45, 2.75) is 0 Å². The number of carboxylic acids is 1. The molecule has 0 fully saturated rings. The molecule has 0 aliphatic carbocycles. The quantitative estimate of drug-likeness (QED) is 0.909. The Morgan fingerprint density at radius 3 is 2.53 bits per heavy atom. The van der Waals surface area contributed by atoms with E-state index in [4.69, 9.17) is 28.3 Å². The van der Waals surface area contributed by atoms with Gasteiger partial charge in [-0.2, -0.15) is 0 Å². The maximum absolute atomic E-state index is 11.5. The van der Waals surface area contributed by atoms with Crippen molar-refractivity contribution in [3.05, 3.63) is 52.0 Å². The molecule has 19 heavy (non-hydrogen) atoms. The molecule has 2 N–H and O–H groups in total. The topological polar surface area (TPSA) is 72.4 Å². The molecule has 0 saturated carbocycles. The van der Waals surface area contributed by atoms with E-state index in [2.05, 4.69) is 5.32 Å². The molecule has 6 heteroatoms. The van der Waals surface area contributed by atoms with Gasteiger partial charge in [0.05, 0.1) is 27.0 Å². The van der Waals surface area contributed by atoms with Crippen LogP contribution in [0.3, 0.4) is 0 Å². The van der Waals surface area contributed by atoms with Gasteiger partial charge in [-0.1, -0.05) is 47.2 Å². The first-order valence-corrected chi connectivity index (χ1v) is 6.00. The third kappa shape index (κ3) is 2.75. The van der Waals surface area contributed by atoms with Gasteiger partial charge >= 0.3 is 5.97 Å². The number of hydrogen-bond acceptors (Lipinski definition) is 3. The van der Waals surface area contributed by atoms with E-state index in [0.29, 0.717) is 5.69 Å². The van der Waals surface area contributed by atoms with Crippen LogP contribution in [0.5, 0.6) is 5.75 Å². The van der Waals surface area contributed by atoms with E-state index in [1.165, 1.54) is 18.2 Å². The predicted octanol–water partition coefficient (Wildman–Crippen LogP) is 3.51. The van der Waals surface area contributed by atoms with E-state index in [-0.39, 0.29) is 27.0 Å². The zero-order chi connectivity index (χ0) is 14.0. The lowest BCUT2D eigenvalue weighted by Crippen LogP contribution is -2.03. The Balaban J connectivity index is 2.48. The van der Waals surface area contributed by atoms with Gasteiger partial charge < -0.3 is 15.5 Å². The van der Waals surface area contributed by atoms with Crippen molar-refractivity contribution in [2.75, 3.05) is 5.32 Å². The highest BCUT2D eigenvalue weighted by Gasteiger charge is 2.12. The number of anilines is 2. The summed E-state index contributed by atoms with van der Waals surface area (Å²) in [6, 6.07) is 8.92. The third-order valence-electron chi connectivity index (χ3n) is 2.47. The van der Waals surface area contributed by atoms with Crippen LogP contribution in [0.15, 0.2) is 36.4 Å². The molecule has 0 aliphatic heterocycles. The van der Waals surface area contributed by atoms with E-state index in [9.17, 15) is 9.90 Å². The zero-order valence-electron chi connectivity index (χ0n) is 9.48. The van der Waals surface area contributed by atoms with Crippen molar-refractivity contribution in [2.24, 2.45) is 0 Å². The minimum absolute atomic E-state index is 0.0611. The van der Waals surface area contributed by atoms with Gasteiger partial charge in [-0.3, -0.25) is 0 Å². The fourth-order valence-corrected chi connectivity index (χ4v) is 2.03. The number of aromatic carboxylic acids is 1. The molecule has 2 rings (SSSR count). The van der Waals surface area contributed by atoms with Crippen LogP contribution in [0.1, 0.15) is 10.4 Å². The largest absolute Gasteiger partial charge is 0.871 e. The number of halogens is 2. The van der Waals surface area contributed by atoms with Crippen molar-refractivity contribution in [1.82, 2.24) is 0 Å². The summed E-state index contributed by atoms with van der Waals surface area (Å²) in [5.74, 6) is -1.48. The summed E-state index contributed by atoms with van der Waals surface area (Å²) in [4.78, 5) is 11.1. The summed E-state index contributed by atoms with van der Waals surface area (Å²) in [5.41, 5.74) is 0.569. The van der Waals surface area contributed by atoms with Crippen LogP contribution in [-0.4, -0.2) is 11.1 Å². The van der Waals surface area contributed by atoms with Crippen LogP contribution >= 0.6 is 23.2 Å². The Labute approximate surface area is 119 Å². The molecular weight excluding hydrogens is 289 g/mol. The first-order valence-electron chi connectivity index (χ1n) is 5.25. The fourth-order valence-electron chi connectivity index (χ4n) is 1.56. The molecule has 0 saturated heterocycles. The second kappa shape index (κ2) is 5.38. The van der Waals surface area contributed by atoms with Gasteiger partial charge in [-0.15, -0.1) is 0 Å². The lowest BCUT2D eigenvalue weighted by Gasteiger charge is -2.17. The van der Waals surface area contributed by atoms with Crippen molar-refractivity contribution in [3.63, 3.8) is 0 Å². The number of carbonyl (C=O) groups is 1. The summed E-state index contributed by atoms with van der Waals surface area (Å²) in [5, 5.41) is 23.5. The number of benzene rings is 2. The molecule has 98 valence electrons. The Morgan fingerprint density at radius 2 is 1.84 bits per heavy atom. The van der Waals surface area contributed by atoms with Gasteiger partial charge in [0.15, 0.2) is 0 Å². The fraction of sp³-hybridized carbons (Fsp3) is 0. The van der Waals surface area contributed by atoms with Gasteiger partial charge in [0.2, 0.25) is 0 Å². The molecule has 0 radical (unpaired) electrons. The van der Waals surface area contributed by atoms with Gasteiger partial charge in [-0.25, -0.2) is 4.79 Å². The SMILES string of the molecule is O=C(O)c1ccccc1Nc1c(Cl)ccc([O-])c1Cl. The van der Waals surface area contributed by atoms with Gasteiger partial charge in [0.25, 0.3) is 0 Å². The zero-order valence-corrected chi connectivity index (χ0v) is 11.0. The molecule has 0 aromatic heterocycles. The van der Waals surface area contributed by atoms with E-state index in [1.54, 1.807) is 18.2 Å². The Hall–Kier alpha value is -1.91. The molecule has 2 aromatic rings. The second-order valence-electron chi connectivity index (χ2n) is 3.71. The first kappa shape index (κ1) is 13.5. The van der Waals surface area contributed by atoms with Crippen LogP contribution in [0.4, 0.5) is 11.4 Å². The summed E-state index contributed by atoms with van der Waals surface area (Å²) in [6.07, 6.45) is 0. The van der Waals surface area contributed by atoms with Crippen molar-refractivity contribution >= 4 is 40.5 Å². The van der Waals surface area contributed by atoms with Gasteiger partial charge in [0.1, 0.15) is 0 Å². The van der Waals surface area contributed by atoms with E-state index >= 15 is 0 Å². The highest BCUT2D eigenvalue weighted by atomic mass is 35.5. The molecule has 2 aromatic carbocycles. The first-order chi connectivity index (χ1) is 9.00. The monoisotopic (exact) mass is 296 g/mol. The lowest BCUT2D eigenvalue weighted by atomic mass is 10.1. The molecule has 0 bridgehead atoms. The Morgan fingerprint density at radius 1 is 1.16 bits per heavy atom. The van der Waals surface area contributed by atoms with Crippen LogP contribution < -0.4 is 10.4 Å². The average Bonchev–Trinajstić information content (AvgIpc) is 2.39. The van der Waals surface area contributed by atoms with Crippen molar-refractivity contribution in [1.29, 1.82) is 0 Å².